The molecule has 4 heteroatoms. The lowest BCUT2D eigenvalue weighted by molar-refractivity contribution is 0.485. The van der Waals surface area contributed by atoms with Gasteiger partial charge in [0, 0.05) is 11.9 Å². The molecule has 17 heavy (non-hydrogen) atoms. The molecule has 0 radical (unpaired) electrons. The molecule has 2 heterocycles. The number of thioether (sulfide) groups is 1. The van der Waals surface area contributed by atoms with Crippen LogP contribution in [0.1, 0.15) is 25.8 Å². The van der Waals surface area contributed by atoms with E-state index in [0.717, 1.165) is 16.6 Å². The highest BCUT2D eigenvalue weighted by Crippen LogP contribution is 2.24. The Kier molecular flexibility index (Phi) is 4.05. The number of aryl methyl sites for hydroxylation is 1. The molecule has 0 amide bonds. The maximum Gasteiger partial charge on any atom is 0.161 e. The number of pyridine rings is 1. The molecule has 0 aliphatic carbocycles. The number of aliphatic imine (C=N–C) groups is 1. The lowest BCUT2D eigenvalue weighted by atomic mass is 10.0. The summed E-state index contributed by atoms with van der Waals surface area (Å²) in [6.07, 6.45) is 4.85. The van der Waals surface area contributed by atoms with Crippen LogP contribution in [0.5, 0.6) is 0 Å². The summed E-state index contributed by atoms with van der Waals surface area (Å²) in [4.78, 5) is 8.90. The van der Waals surface area contributed by atoms with Gasteiger partial charge in [-0.15, -0.1) is 0 Å². The number of amidine groups is 1. The highest BCUT2D eigenvalue weighted by Gasteiger charge is 2.18. The van der Waals surface area contributed by atoms with Crippen molar-refractivity contribution in [2.24, 2.45) is 10.9 Å². The van der Waals surface area contributed by atoms with Crippen molar-refractivity contribution in [3.63, 3.8) is 0 Å². The van der Waals surface area contributed by atoms with E-state index in [-0.39, 0.29) is 0 Å². The molecule has 1 aliphatic rings. The van der Waals surface area contributed by atoms with Gasteiger partial charge in [-0.3, -0.25) is 9.98 Å². The Hall–Kier alpha value is -1.03. The zero-order chi connectivity index (χ0) is 12.3. The third-order valence-electron chi connectivity index (χ3n) is 2.99. The maximum absolute atomic E-state index is 4.76. The fourth-order valence-electron chi connectivity index (χ4n) is 1.79. The van der Waals surface area contributed by atoms with Gasteiger partial charge in [0.2, 0.25) is 0 Å². The van der Waals surface area contributed by atoms with Crippen LogP contribution in [-0.2, 0) is 0 Å². The van der Waals surface area contributed by atoms with Gasteiger partial charge in [0.25, 0.3) is 0 Å². The molecule has 0 bridgehead atoms. The molecular formula is C13H19N3S. The minimum absolute atomic E-state index is 0.454. The zero-order valence-electron chi connectivity index (χ0n) is 10.6. The number of nitrogens with one attached hydrogen (secondary N) is 1. The summed E-state index contributed by atoms with van der Waals surface area (Å²) < 4.78 is 0. The van der Waals surface area contributed by atoms with Crippen molar-refractivity contribution >= 4 is 22.6 Å². The van der Waals surface area contributed by atoms with Crippen molar-refractivity contribution in [3.05, 3.63) is 24.0 Å². The highest BCUT2D eigenvalue weighted by molar-refractivity contribution is 8.14. The summed E-state index contributed by atoms with van der Waals surface area (Å²) in [5.74, 6) is 1.76. The molecule has 0 aromatic carbocycles. The largest absolute Gasteiger partial charge is 0.333 e. The summed E-state index contributed by atoms with van der Waals surface area (Å²) in [5, 5.41) is 4.42. The van der Waals surface area contributed by atoms with Crippen molar-refractivity contribution in [2.45, 2.75) is 33.2 Å². The number of rotatable bonds is 2. The number of hydrogen-bond donors (Lipinski definition) is 1. The molecule has 1 aromatic rings. The quantitative estimate of drug-likeness (QED) is 0.873. The molecule has 1 aliphatic heterocycles. The van der Waals surface area contributed by atoms with E-state index < -0.39 is 0 Å². The summed E-state index contributed by atoms with van der Waals surface area (Å²) in [6, 6.07) is 2.46. The summed E-state index contributed by atoms with van der Waals surface area (Å²) in [6.45, 7) is 6.55. The SMILES string of the molecule is Cc1ccncc1NC1=NC(C(C)C)CCS1. The van der Waals surface area contributed by atoms with E-state index in [9.17, 15) is 0 Å². The Morgan fingerprint density at radius 3 is 3.00 bits per heavy atom. The van der Waals surface area contributed by atoms with Crippen LogP contribution in [0.3, 0.4) is 0 Å². The normalized spacial score (nSPS) is 20.2. The van der Waals surface area contributed by atoms with Gasteiger partial charge < -0.3 is 5.32 Å². The van der Waals surface area contributed by atoms with Crippen LogP contribution in [0.25, 0.3) is 0 Å². The number of anilines is 1. The summed E-state index contributed by atoms with van der Waals surface area (Å²) >= 11 is 1.80. The summed E-state index contributed by atoms with van der Waals surface area (Å²) in [5.41, 5.74) is 2.26. The van der Waals surface area contributed by atoms with Crippen molar-refractivity contribution in [2.75, 3.05) is 11.1 Å². The summed E-state index contributed by atoms with van der Waals surface area (Å²) in [7, 11) is 0. The van der Waals surface area contributed by atoms with Crippen LogP contribution in [-0.4, -0.2) is 21.9 Å². The third kappa shape index (κ3) is 3.22. The van der Waals surface area contributed by atoms with Crippen LogP contribution in [0.15, 0.2) is 23.5 Å². The van der Waals surface area contributed by atoms with Crippen molar-refractivity contribution in [1.82, 2.24) is 4.98 Å². The van der Waals surface area contributed by atoms with E-state index in [0.29, 0.717) is 12.0 Å². The van der Waals surface area contributed by atoms with Gasteiger partial charge in [-0.1, -0.05) is 25.6 Å². The van der Waals surface area contributed by atoms with Gasteiger partial charge in [-0.2, -0.15) is 0 Å². The van der Waals surface area contributed by atoms with Gasteiger partial charge in [-0.25, -0.2) is 0 Å². The maximum atomic E-state index is 4.76. The first-order valence-corrected chi connectivity index (χ1v) is 7.03. The van der Waals surface area contributed by atoms with Gasteiger partial charge in [0.05, 0.1) is 17.9 Å². The monoisotopic (exact) mass is 249 g/mol. The average Bonchev–Trinajstić information content (AvgIpc) is 2.32. The number of aromatic nitrogens is 1. The van der Waals surface area contributed by atoms with Crippen LogP contribution in [0.4, 0.5) is 5.69 Å². The minimum atomic E-state index is 0.454. The van der Waals surface area contributed by atoms with E-state index in [2.05, 4.69) is 31.1 Å². The lowest BCUT2D eigenvalue weighted by Gasteiger charge is -2.23. The second-order valence-corrected chi connectivity index (χ2v) is 5.78. The van der Waals surface area contributed by atoms with Gasteiger partial charge in [0.15, 0.2) is 5.17 Å². The van der Waals surface area contributed by atoms with E-state index in [1.807, 2.05) is 18.5 Å². The van der Waals surface area contributed by atoms with Gasteiger partial charge in [0.1, 0.15) is 0 Å². The topological polar surface area (TPSA) is 37.3 Å². The van der Waals surface area contributed by atoms with Crippen LogP contribution in [0, 0.1) is 12.8 Å². The molecule has 1 unspecified atom stereocenters. The van der Waals surface area contributed by atoms with Gasteiger partial charge in [-0.05, 0) is 30.9 Å². The molecule has 1 aromatic heterocycles. The minimum Gasteiger partial charge on any atom is -0.333 e. The Balaban J connectivity index is 2.11. The first-order chi connectivity index (χ1) is 8.16. The lowest BCUT2D eigenvalue weighted by Crippen LogP contribution is -2.24. The Morgan fingerprint density at radius 2 is 2.29 bits per heavy atom. The van der Waals surface area contributed by atoms with Crippen LogP contribution < -0.4 is 5.32 Å². The highest BCUT2D eigenvalue weighted by atomic mass is 32.2. The standard InChI is InChI=1S/C13H19N3S/c1-9(2)11-5-7-17-13(15-11)16-12-8-14-6-4-10(12)3/h4,6,8-9,11H,5,7H2,1-3H3,(H,15,16). The van der Waals surface area contributed by atoms with Crippen LogP contribution >= 0.6 is 11.8 Å². The fourth-order valence-corrected chi connectivity index (χ4v) is 2.73. The molecule has 0 fully saturated rings. The molecule has 0 spiro atoms. The van der Waals surface area contributed by atoms with Crippen molar-refractivity contribution in [1.29, 1.82) is 0 Å². The molecule has 2 rings (SSSR count). The van der Waals surface area contributed by atoms with Crippen LogP contribution in [0.2, 0.25) is 0 Å². The molecular weight excluding hydrogens is 230 g/mol. The third-order valence-corrected chi connectivity index (χ3v) is 3.91. The van der Waals surface area contributed by atoms with E-state index in [1.165, 1.54) is 12.0 Å². The molecule has 0 saturated carbocycles. The Bertz CT molecular complexity index is 415. The van der Waals surface area contributed by atoms with Crippen molar-refractivity contribution in [3.8, 4) is 0 Å². The molecule has 1 atom stereocenters. The molecule has 1 N–H and O–H groups in total. The van der Waals surface area contributed by atoms with Gasteiger partial charge >= 0.3 is 0 Å². The van der Waals surface area contributed by atoms with E-state index >= 15 is 0 Å². The Labute approximate surface area is 107 Å². The first-order valence-electron chi connectivity index (χ1n) is 6.05. The smallest absolute Gasteiger partial charge is 0.161 e. The molecule has 92 valence electrons. The van der Waals surface area contributed by atoms with Crippen molar-refractivity contribution < 1.29 is 0 Å². The first kappa shape index (κ1) is 12.4. The molecule has 0 saturated heterocycles. The fraction of sp³-hybridized carbons (Fsp3) is 0.538. The number of hydrogen-bond acceptors (Lipinski definition) is 4. The predicted octanol–water partition coefficient (Wildman–Crippen LogP) is 3.32. The Morgan fingerprint density at radius 1 is 1.47 bits per heavy atom. The number of nitrogens with zero attached hydrogens (tertiary/aromatic N) is 2. The van der Waals surface area contributed by atoms with E-state index in [4.69, 9.17) is 4.99 Å². The second-order valence-electron chi connectivity index (χ2n) is 4.70. The predicted molar refractivity (Wildman–Crippen MR) is 75.7 cm³/mol. The molecule has 3 nitrogen and oxygen atoms in total. The average molecular weight is 249 g/mol. The zero-order valence-corrected chi connectivity index (χ0v) is 11.4. The second kappa shape index (κ2) is 5.54. The van der Waals surface area contributed by atoms with E-state index in [1.54, 1.807) is 11.8 Å².